The van der Waals surface area contributed by atoms with Gasteiger partial charge in [0.25, 0.3) is 11.4 Å². The second-order valence-electron chi connectivity index (χ2n) is 4.62. The predicted molar refractivity (Wildman–Crippen MR) is 93.3 cm³/mol. The van der Waals surface area contributed by atoms with Crippen LogP contribution in [-0.4, -0.2) is 30.6 Å². The Kier molecular flexibility index (Phi) is 7.89. The van der Waals surface area contributed by atoms with Gasteiger partial charge in [0.15, 0.2) is 0 Å². The molecular formula is C14H14N4O7S. The maximum Gasteiger partial charge on any atom is 0.324 e. The van der Waals surface area contributed by atoms with Crippen LogP contribution >= 0.6 is 11.8 Å². The molecule has 2 rings (SSSR count). The third-order valence-electron chi connectivity index (χ3n) is 2.75. The molecule has 0 aliphatic rings. The van der Waals surface area contributed by atoms with E-state index in [1.165, 1.54) is 6.42 Å². The molecule has 12 heteroatoms. The second-order valence-corrected chi connectivity index (χ2v) is 5.74. The molecule has 0 aliphatic carbocycles. The molecule has 0 unspecified atom stereocenters. The van der Waals surface area contributed by atoms with Crippen LogP contribution in [0, 0.1) is 30.3 Å². The summed E-state index contributed by atoms with van der Waals surface area (Å²) in [5.41, 5.74) is -3.00. The first kappa shape index (κ1) is 20.8. The summed E-state index contributed by atoms with van der Waals surface area (Å²) in [7, 11) is 0. The third-order valence-corrected chi connectivity index (χ3v) is 3.90. The molecule has 0 atom stereocenters. The molecule has 0 fully saturated rings. The van der Waals surface area contributed by atoms with Gasteiger partial charge in [-0.1, -0.05) is 13.0 Å². The van der Waals surface area contributed by atoms with Crippen molar-refractivity contribution in [2.45, 2.75) is 18.4 Å². The van der Waals surface area contributed by atoms with Crippen LogP contribution in [0.1, 0.15) is 13.3 Å². The van der Waals surface area contributed by atoms with Crippen molar-refractivity contribution >= 4 is 28.8 Å². The monoisotopic (exact) mass is 382 g/mol. The molecule has 1 aromatic carbocycles. The van der Waals surface area contributed by atoms with Gasteiger partial charge in [0.1, 0.15) is 0 Å². The van der Waals surface area contributed by atoms with Gasteiger partial charge in [-0.2, -0.15) is 0 Å². The Hall–Kier alpha value is -3.28. The summed E-state index contributed by atoms with van der Waals surface area (Å²) < 4.78 is 0. The molecule has 0 spiro atoms. The van der Waals surface area contributed by atoms with E-state index in [-0.39, 0.29) is 0 Å². The van der Waals surface area contributed by atoms with Crippen molar-refractivity contribution in [1.82, 2.24) is 4.98 Å². The largest absolute Gasteiger partial charge is 0.497 e. The lowest BCUT2D eigenvalue weighted by atomic mass is 10.2. The Morgan fingerprint density at radius 1 is 1.04 bits per heavy atom. The van der Waals surface area contributed by atoms with Crippen molar-refractivity contribution in [2.75, 3.05) is 5.75 Å². The van der Waals surface area contributed by atoms with Crippen LogP contribution < -0.4 is 0 Å². The molecule has 11 nitrogen and oxygen atoms in total. The quantitative estimate of drug-likeness (QED) is 0.445. The van der Waals surface area contributed by atoms with Crippen LogP contribution in [0.4, 0.5) is 17.1 Å². The van der Waals surface area contributed by atoms with E-state index in [9.17, 15) is 30.3 Å². The fourth-order valence-corrected chi connectivity index (χ4v) is 2.34. The first-order chi connectivity index (χ1) is 12.3. The Balaban J connectivity index is 0.000000289. The third kappa shape index (κ3) is 5.98. The van der Waals surface area contributed by atoms with Gasteiger partial charge in [-0.05, 0) is 24.3 Å². The summed E-state index contributed by atoms with van der Waals surface area (Å²) in [5, 5.41) is 41.3. The number of thioether (sulfide) groups is 1. The van der Waals surface area contributed by atoms with E-state index >= 15 is 0 Å². The average Bonchev–Trinajstić information content (AvgIpc) is 2.60. The summed E-state index contributed by atoms with van der Waals surface area (Å²) >= 11 is 1.81. The summed E-state index contributed by atoms with van der Waals surface area (Å²) in [6, 6.07) is 6.89. The van der Waals surface area contributed by atoms with E-state index in [1.807, 2.05) is 36.2 Å². The number of phenols is 1. The van der Waals surface area contributed by atoms with Gasteiger partial charge >= 0.3 is 11.4 Å². The molecule has 0 amide bonds. The van der Waals surface area contributed by atoms with Crippen molar-refractivity contribution in [3.8, 4) is 5.75 Å². The first-order valence-electron chi connectivity index (χ1n) is 7.11. The smallest absolute Gasteiger partial charge is 0.324 e. The van der Waals surface area contributed by atoms with E-state index in [2.05, 4.69) is 11.9 Å². The lowest BCUT2D eigenvalue weighted by molar-refractivity contribution is -0.404. The van der Waals surface area contributed by atoms with E-state index in [4.69, 9.17) is 5.11 Å². The highest BCUT2D eigenvalue weighted by atomic mass is 32.2. The van der Waals surface area contributed by atoms with Gasteiger partial charge < -0.3 is 5.11 Å². The van der Waals surface area contributed by atoms with Crippen molar-refractivity contribution < 1.29 is 19.9 Å². The highest BCUT2D eigenvalue weighted by Gasteiger charge is 2.30. The number of hydrogen-bond acceptors (Lipinski definition) is 9. The minimum Gasteiger partial charge on any atom is -0.497 e. The van der Waals surface area contributed by atoms with E-state index < -0.39 is 37.6 Å². The number of non-ortho nitro benzene ring substituents is 1. The lowest BCUT2D eigenvalue weighted by Crippen LogP contribution is -1.97. The van der Waals surface area contributed by atoms with Crippen LogP contribution in [-0.2, 0) is 0 Å². The molecule has 2 aromatic rings. The zero-order valence-corrected chi connectivity index (χ0v) is 14.3. The fraction of sp³-hybridized carbons (Fsp3) is 0.214. The van der Waals surface area contributed by atoms with Gasteiger partial charge in [-0.3, -0.25) is 30.3 Å². The number of phenolic OH excluding ortho intramolecular Hbond substituents is 1. The van der Waals surface area contributed by atoms with Crippen molar-refractivity contribution in [1.29, 1.82) is 0 Å². The number of rotatable bonds is 6. The molecule has 0 saturated heterocycles. The molecule has 0 bridgehead atoms. The van der Waals surface area contributed by atoms with Crippen molar-refractivity contribution in [3.05, 3.63) is 66.9 Å². The molecule has 0 saturated carbocycles. The highest BCUT2D eigenvalue weighted by Crippen LogP contribution is 2.38. The first-order valence-corrected chi connectivity index (χ1v) is 8.10. The number of hydrogen-bond donors (Lipinski definition) is 1. The van der Waals surface area contributed by atoms with E-state index in [0.717, 1.165) is 10.8 Å². The summed E-state index contributed by atoms with van der Waals surface area (Å²) in [6.07, 6.45) is 3.04. The highest BCUT2D eigenvalue weighted by molar-refractivity contribution is 7.99. The van der Waals surface area contributed by atoms with E-state index in [0.29, 0.717) is 12.1 Å². The SMILES string of the molecule is CCCSc1ccccn1.O=[N+]([O-])c1cc([N+](=O)[O-])c(O)c([N+](=O)[O-])c1. The Bertz CT molecular complexity index is 766. The molecular weight excluding hydrogens is 368 g/mol. The molecule has 1 heterocycles. The molecule has 0 aliphatic heterocycles. The maximum atomic E-state index is 10.4. The van der Waals surface area contributed by atoms with Crippen molar-refractivity contribution in [2.24, 2.45) is 0 Å². The van der Waals surface area contributed by atoms with Gasteiger partial charge in [-0.15, -0.1) is 11.8 Å². The molecule has 0 radical (unpaired) electrons. The minimum atomic E-state index is -1.21. The number of benzene rings is 1. The van der Waals surface area contributed by atoms with Crippen LogP contribution in [0.2, 0.25) is 0 Å². The fourth-order valence-electron chi connectivity index (χ4n) is 1.61. The zero-order valence-electron chi connectivity index (χ0n) is 13.5. The predicted octanol–water partition coefficient (Wildman–Crippen LogP) is 3.70. The second kappa shape index (κ2) is 9.88. The summed E-state index contributed by atoms with van der Waals surface area (Å²) in [6.45, 7) is 2.18. The summed E-state index contributed by atoms with van der Waals surface area (Å²) in [5.74, 6) is -0.0441. The lowest BCUT2D eigenvalue weighted by Gasteiger charge is -1.97. The number of nitro benzene ring substituents is 3. The number of nitro groups is 3. The Morgan fingerprint density at radius 2 is 1.62 bits per heavy atom. The van der Waals surface area contributed by atoms with Crippen molar-refractivity contribution in [3.63, 3.8) is 0 Å². The van der Waals surface area contributed by atoms with Gasteiger partial charge in [0.05, 0.1) is 31.9 Å². The van der Waals surface area contributed by atoms with Crippen LogP contribution in [0.25, 0.3) is 0 Å². The number of aromatic hydroxyl groups is 1. The maximum absolute atomic E-state index is 10.4. The average molecular weight is 382 g/mol. The molecule has 138 valence electrons. The number of nitrogens with zero attached hydrogens (tertiary/aromatic N) is 4. The van der Waals surface area contributed by atoms with Gasteiger partial charge in [0.2, 0.25) is 0 Å². The zero-order chi connectivity index (χ0) is 19.7. The molecule has 1 aromatic heterocycles. The topological polar surface area (TPSA) is 163 Å². The van der Waals surface area contributed by atoms with Crippen LogP contribution in [0.3, 0.4) is 0 Å². The Morgan fingerprint density at radius 3 is 2.00 bits per heavy atom. The Labute approximate surface area is 151 Å². The number of aromatic nitrogens is 1. The van der Waals surface area contributed by atoms with E-state index in [1.54, 1.807) is 0 Å². The number of pyridine rings is 1. The van der Waals surface area contributed by atoms with Gasteiger partial charge in [0, 0.05) is 6.20 Å². The molecule has 1 N–H and O–H groups in total. The summed E-state index contributed by atoms with van der Waals surface area (Å²) in [4.78, 5) is 31.9. The molecule has 26 heavy (non-hydrogen) atoms. The van der Waals surface area contributed by atoms with Crippen LogP contribution in [0.5, 0.6) is 5.75 Å². The van der Waals surface area contributed by atoms with Crippen LogP contribution in [0.15, 0.2) is 41.6 Å². The normalized spacial score (nSPS) is 9.73. The standard InChI is InChI=1S/C8H11NS.C6H3N3O7/c1-2-7-10-8-5-3-4-6-9-8;10-6-4(8(13)14)1-3(7(11)12)2-5(6)9(15)16/h3-6H,2,7H2,1H3;1-2,10H. The minimum absolute atomic E-state index is 0.447. The van der Waals surface area contributed by atoms with Gasteiger partial charge in [-0.25, -0.2) is 4.98 Å².